The Morgan fingerprint density at radius 1 is 1.67 bits per heavy atom. The smallest absolute Gasteiger partial charge is 0.237 e. The molecule has 0 saturated carbocycles. The van der Waals surface area contributed by atoms with E-state index in [2.05, 4.69) is 10.3 Å². The van der Waals surface area contributed by atoms with Gasteiger partial charge >= 0.3 is 0 Å². The third-order valence-corrected chi connectivity index (χ3v) is 1.39. The van der Waals surface area contributed by atoms with Crippen molar-refractivity contribution in [2.75, 3.05) is 25.9 Å². The number of likely N-dealkylation sites (N-methyl/N-ethyl adjacent to an activating group) is 1. The van der Waals surface area contributed by atoms with E-state index in [-0.39, 0.29) is 0 Å². The van der Waals surface area contributed by atoms with Crippen LogP contribution in [0.5, 0.6) is 5.88 Å². The molecule has 0 unspecified atom stereocenters. The van der Waals surface area contributed by atoms with Crippen LogP contribution in [-0.4, -0.2) is 25.2 Å². The van der Waals surface area contributed by atoms with Crippen LogP contribution in [0.1, 0.15) is 0 Å². The van der Waals surface area contributed by atoms with E-state index >= 15 is 0 Å². The molecule has 0 aromatic carbocycles. The van der Waals surface area contributed by atoms with Crippen molar-refractivity contribution >= 4 is 5.69 Å². The van der Waals surface area contributed by atoms with Gasteiger partial charge in [0.15, 0.2) is 0 Å². The van der Waals surface area contributed by atoms with Gasteiger partial charge < -0.3 is 15.8 Å². The first-order valence-corrected chi connectivity index (χ1v) is 3.82. The van der Waals surface area contributed by atoms with Crippen molar-refractivity contribution in [2.24, 2.45) is 0 Å². The molecule has 12 heavy (non-hydrogen) atoms. The fourth-order valence-electron chi connectivity index (χ4n) is 0.774. The molecule has 1 rings (SSSR count). The topological polar surface area (TPSA) is 60.2 Å². The van der Waals surface area contributed by atoms with Crippen molar-refractivity contribution in [3.05, 3.63) is 18.3 Å². The summed E-state index contributed by atoms with van der Waals surface area (Å²) >= 11 is 0. The fourth-order valence-corrected chi connectivity index (χ4v) is 0.774. The van der Waals surface area contributed by atoms with Crippen LogP contribution < -0.4 is 15.8 Å². The van der Waals surface area contributed by atoms with Crippen LogP contribution in [-0.2, 0) is 0 Å². The molecule has 1 heterocycles. The zero-order chi connectivity index (χ0) is 8.81. The van der Waals surface area contributed by atoms with Crippen molar-refractivity contribution in [1.82, 2.24) is 10.3 Å². The molecule has 66 valence electrons. The Bertz CT molecular complexity index is 239. The van der Waals surface area contributed by atoms with Crippen LogP contribution in [0.25, 0.3) is 0 Å². The van der Waals surface area contributed by atoms with Gasteiger partial charge in [-0.25, -0.2) is 4.98 Å². The number of nitrogens with one attached hydrogen (secondary N) is 1. The number of nitrogens with zero attached hydrogens (tertiary/aromatic N) is 1. The molecule has 3 N–H and O–H groups in total. The molecule has 0 spiro atoms. The molecule has 0 aliphatic rings. The van der Waals surface area contributed by atoms with E-state index in [9.17, 15) is 0 Å². The van der Waals surface area contributed by atoms with Gasteiger partial charge in [0.1, 0.15) is 6.61 Å². The van der Waals surface area contributed by atoms with E-state index in [0.717, 1.165) is 6.54 Å². The summed E-state index contributed by atoms with van der Waals surface area (Å²) in [7, 11) is 1.87. The Morgan fingerprint density at radius 3 is 3.17 bits per heavy atom. The first kappa shape index (κ1) is 8.80. The predicted molar refractivity (Wildman–Crippen MR) is 48.1 cm³/mol. The van der Waals surface area contributed by atoms with Gasteiger partial charge in [-0.1, -0.05) is 0 Å². The van der Waals surface area contributed by atoms with Gasteiger partial charge in [-0.3, -0.25) is 0 Å². The lowest BCUT2D eigenvalue weighted by atomic mass is 10.4. The van der Waals surface area contributed by atoms with Crippen molar-refractivity contribution in [3.8, 4) is 5.88 Å². The van der Waals surface area contributed by atoms with Gasteiger partial charge in [-0.05, 0) is 19.2 Å². The third kappa shape index (κ3) is 2.39. The Hall–Kier alpha value is -1.29. The summed E-state index contributed by atoms with van der Waals surface area (Å²) in [6.07, 6.45) is 1.66. The molecule has 0 saturated heterocycles. The minimum Gasteiger partial charge on any atom is -0.475 e. The normalized spacial score (nSPS) is 9.75. The van der Waals surface area contributed by atoms with Crippen LogP contribution in [0.4, 0.5) is 5.69 Å². The van der Waals surface area contributed by atoms with Crippen LogP contribution >= 0.6 is 0 Å². The molecule has 0 bridgehead atoms. The maximum absolute atomic E-state index is 5.59. The maximum atomic E-state index is 5.59. The molecule has 0 atom stereocenters. The number of hydrogen-bond donors (Lipinski definition) is 2. The minimum atomic E-state index is 0.507. The number of rotatable bonds is 4. The molecule has 1 aromatic rings. The van der Waals surface area contributed by atoms with Crippen molar-refractivity contribution in [1.29, 1.82) is 0 Å². The summed E-state index contributed by atoms with van der Waals surface area (Å²) in [5, 5.41) is 2.96. The molecular formula is C8H13N3O. The van der Waals surface area contributed by atoms with E-state index in [0.29, 0.717) is 18.2 Å². The van der Waals surface area contributed by atoms with Gasteiger partial charge in [0.05, 0.1) is 5.69 Å². The van der Waals surface area contributed by atoms with Crippen LogP contribution in [0.15, 0.2) is 18.3 Å². The molecule has 0 amide bonds. The fraction of sp³-hybridized carbons (Fsp3) is 0.375. The van der Waals surface area contributed by atoms with Gasteiger partial charge in [0.2, 0.25) is 5.88 Å². The van der Waals surface area contributed by atoms with E-state index in [4.69, 9.17) is 10.5 Å². The molecule has 0 aliphatic carbocycles. The van der Waals surface area contributed by atoms with Gasteiger partial charge in [-0.15, -0.1) is 0 Å². The van der Waals surface area contributed by atoms with E-state index < -0.39 is 0 Å². The van der Waals surface area contributed by atoms with Gasteiger partial charge in [-0.2, -0.15) is 0 Å². The highest BCUT2D eigenvalue weighted by molar-refractivity contribution is 5.46. The lowest BCUT2D eigenvalue weighted by molar-refractivity contribution is 0.308. The summed E-state index contributed by atoms with van der Waals surface area (Å²) in [4.78, 5) is 3.98. The number of nitrogens with two attached hydrogens (primary N) is 1. The first-order valence-electron chi connectivity index (χ1n) is 3.82. The highest BCUT2D eigenvalue weighted by atomic mass is 16.5. The lowest BCUT2D eigenvalue weighted by Gasteiger charge is -2.05. The SMILES string of the molecule is CNCCOc1ncccc1N. The Kier molecular flexibility index (Phi) is 3.35. The van der Waals surface area contributed by atoms with Gasteiger partial charge in [0, 0.05) is 12.7 Å². The summed E-state index contributed by atoms with van der Waals surface area (Å²) in [5.74, 6) is 0.507. The molecular weight excluding hydrogens is 154 g/mol. The molecule has 1 aromatic heterocycles. The van der Waals surface area contributed by atoms with Crippen molar-refractivity contribution < 1.29 is 4.74 Å². The van der Waals surface area contributed by atoms with E-state index in [1.54, 1.807) is 18.3 Å². The maximum Gasteiger partial charge on any atom is 0.237 e. The Labute approximate surface area is 71.7 Å². The van der Waals surface area contributed by atoms with Crippen LogP contribution in [0.3, 0.4) is 0 Å². The summed E-state index contributed by atoms with van der Waals surface area (Å²) in [6, 6.07) is 3.54. The number of pyridine rings is 1. The molecule has 0 radical (unpaired) electrons. The molecule has 4 heteroatoms. The standard InChI is InChI=1S/C8H13N3O/c1-10-5-6-12-8-7(9)3-2-4-11-8/h2-4,10H,5-6,9H2,1H3. The highest BCUT2D eigenvalue weighted by Gasteiger charge is 1.97. The number of aromatic nitrogens is 1. The summed E-state index contributed by atoms with van der Waals surface area (Å²) in [5.41, 5.74) is 6.17. The predicted octanol–water partition coefficient (Wildman–Crippen LogP) is 0.262. The minimum absolute atomic E-state index is 0.507. The monoisotopic (exact) mass is 167 g/mol. The molecule has 0 fully saturated rings. The first-order chi connectivity index (χ1) is 5.84. The molecule has 4 nitrogen and oxygen atoms in total. The van der Waals surface area contributed by atoms with E-state index in [1.165, 1.54) is 0 Å². The van der Waals surface area contributed by atoms with Crippen molar-refractivity contribution in [3.63, 3.8) is 0 Å². The lowest BCUT2D eigenvalue weighted by Crippen LogP contribution is -2.16. The number of anilines is 1. The van der Waals surface area contributed by atoms with E-state index in [1.807, 2.05) is 7.05 Å². The summed E-state index contributed by atoms with van der Waals surface area (Å²) in [6.45, 7) is 1.37. The Morgan fingerprint density at radius 2 is 2.50 bits per heavy atom. The summed E-state index contributed by atoms with van der Waals surface area (Å²) < 4.78 is 5.28. The number of nitrogen functional groups attached to an aromatic ring is 1. The average molecular weight is 167 g/mol. The van der Waals surface area contributed by atoms with Gasteiger partial charge in [0.25, 0.3) is 0 Å². The second-order valence-electron chi connectivity index (χ2n) is 2.35. The van der Waals surface area contributed by atoms with Crippen LogP contribution in [0.2, 0.25) is 0 Å². The second kappa shape index (κ2) is 4.56. The Balaban J connectivity index is 2.46. The zero-order valence-electron chi connectivity index (χ0n) is 7.08. The second-order valence-corrected chi connectivity index (χ2v) is 2.35. The largest absolute Gasteiger partial charge is 0.475 e. The number of hydrogen-bond acceptors (Lipinski definition) is 4. The van der Waals surface area contributed by atoms with Crippen molar-refractivity contribution in [2.45, 2.75) is 0 Å². The van der Waals surface area contributed by atoms with Crippen LogP contribution in [0, 0.1) is 0 Å². The zero-order valence-corrected chi connectivity index (χ0v) is 7.08. The highest BCUT2D eigenvalue weighted by Crippen LogP contribution is 2.15. The quantitative estimate of drug-likeness (QED) is 0.631. The third-order valence-electron chi connectivity index (χ3n) is 1.39. The average Bonchev–Trinajstić information content (AvgIpc) is 2.09. The molecule has 0 aliphatic heterocycles. The number of ether oxygens (including phenoxy) is 1.